The van der Waals surface area contributed by atoms with E-state index in [4.69, 9.17) is 0 Å². The highest BCUT2D eigenvalue weighted by atomic mass is 15.2. The third-order valence-corrected chi connectivity index (χ3v) is 12.1. The zero-order valence-electron chi connectivity index (χ0n) is 32.2. The quantitative estimate of drug-likeness (QED) is 0.157. The molecule has 59 heavy (non-hydrogen) atoms. The van der Waals surface area contributed by atoms with Crippen LogP contribution in [0.5, 0.6) is 0 Å². The molecule has 0 radical (unpaired) electrons. The molecule has 0 atom stereocenters. The molecule has 0 fully saturated rings. The molecule has 0 amide bonds. The smallest absolute Gasteiger partial charge is 0.252 e. The fraction of sp³-hybridized carbons (Fsp3) is 0. The van der Waals surface area contributed by atoms with Crippen molar-refractivity contribution in [3.8, 4) is 5.69 Å². The van der Waals surface area contributed by atoms with Crippen LogP contribution >= 0.6 is 0 Å². The lowest BCUT2D eigenvalue weighted by Gasteiger charge is -2.44. The minimum absolute atomic E-state index is 0.0269. The maximum absolute atomic E-state index is 2.49. The second kappa shape index (κ2) is 13.4. The molecule has 0 saturated carbocycles. The number of hydrogen-bond acceptors (Lipinski definition) is 3. The molecule has 3 heterocycles. The second-order valence-electron chi connectivity index (χ2n) is 15.3. The molecule has 12 rings (SSSR count). The molecule has 1 aromatic heterocycles. The molecule has 4 nitrogen and oxygen atoms in total. The Balaban J connectivity index is 1.09. The van der Waals surface area contributed by atoms with Gasteiger partial charge in [0.15, 0.2) is 0 Å². The van der Waals surface area contributed by atoms with E-state index in [1.807, 2.05) is 0 Å². The number of fused-ring (bicyclic) bond motifs is 7. The van der Waals surface area contributed by atoms with Gasteiger partial charge >= 0.3 is 0 Å². The van der Waals surface area contributed by atoms with Crippen molar-refractivity contribution in [1.29, 1.82) is 0 Å². The first-order chi connectivity index (χ1) is 29.3. The third kappa shape index (κ3) is 5.18. The van der Waals surface area contributed by atoms with Crippen molar-refractivity contribution in [3.63, 3.8) is 0 Å². The Morgan fingerprint density at radius 2 is 0.864 bits per heavy atom. The van der Waals surface area contributed by atoms with Crippen LogP contribution in [0.4, 0.5) is 51.2 Å². The van der Waals surface area contributed by atoms with Crippen LogP contribution in [0.1, 0.15) is 0 Å². The van der Waals surface area contributed by atoms with Crippen LogP contribution in [0.25, 0.3) is 27.5 Å². The van der Waals surface area contributed by atoms with Gasteiger partial charge in [-0.15, -0.1) is 0 Å². The Morgan fingerprint density at radius 3 is 1.58 bits per heavy atom. The van der Waals surface area contributed by atoms with Crippen molar-refractivity contribution < 1.29 is 0 Å². The van der Waals surface area contributed by atoms with Gasteiger partial charge < -0.3 is 19.3 Å². The van der Waals surface area contributed by atoms with Gasteiger partial charge in [0.2, 0.25) is 0 Å². The van der Waals surface area contributed by atoms with Crippen LogP contribution < -0.4 is 31.1 Å². The number of hydrogen-bond donors (Lipinski definition) is 0. The Hall–Kier alpha value is -7.76. The molecule has 5 heteroatoms. The fourth-order valence-electron chi connectivity index (χ4n) is 9.70. The molecule has 0 aliphatic carbocycles. The van der Waals surface area contributed by atoms with Crippen LogP contribution in [0, 0.1) is 0 Å². The van der Waals surface area contributed by atoms with Crippen molar-refractivity contribution >= 4 is 96.1 Å². The third-order valence-electron chi connectivity index (χ3n) is 12.1. The van der Waals surface area contributed by atoms with E-state index in [1.54, 1.807) is 0 Å². The molecule has 0 spiro atoms. The minimum atomic E-state index is 0.0269. The Morgan fingerprint density at radius 1 is 0.322 bits per heavy atom. The summed E-state index contributed by atoms with van der Waals surface area (Å²) in [5, 5.41) is 2.49. The number of para-hydroxylation sites is 6. The Labute approximate surface area is 344 Å². The summed E-state index contributed by atoms with van der Waals surface area (Å²) in [5.74, 6) is 0. The number of rotatable bonds is 6. The van der Waals surface area contributed by atoms with Crippen LogP contribution in [0.15, 0.2) is 224 Å². The molecule has 2 aliphatic heterocycles. The number of nitrogens with zero attached hydrogens (tertiary/aromatic N) is 4. The van der Waals surface area contributed by atoms with Crippen molar-refractivity contribution in [1.82, 2.24) is 4.57 Å². The molecule has 0 unspecified atom stereocenters. The van der Waals surface area contributed by atoms with E-state index in [1.165, 1.54) is 60.9 Å². The van der Waals surface area contributed by atoms with Gasteiger partial charge in [-0.1, -0.05) is 127 Å². The van der Waals surface area contributed by atoms with E-state index in [0.29, 0.717) is 0 Å². The monoisotopic (exact) mass is 752 g/mol. The molecule has 276 valence electrons. The van der Waals surface area contributed by atoms with E-state index < -0.39 is 0 Å². The highest BCUT2D eigenvalue weighted by Gasteiger charge is 2.43. The standard InChI is InChI=1S/C54H37BN4/c1-5-18-38(19-6-1)56(39-20-7-2-8-21-39)42-33-35-47-53(37-42)58(41-24-11-4-12-25-41)50-30-17-31-51-54(50)55(47)46-27-14-16-29-49(46)59(51)43-32-34-45-44-26-13-15-28-48(44)57(52(45)36-43)40-22-9-3-10-23-40/h1-37H. The Bertz CT molecular complexity index is 3140. The highest BCUT2D eigenvalue weighted by molar-refractivity contribution is 7.00. The maximum atomic E-state index is 2.49. The summed E-state index contributed by atoms with van der Waals surface area (Å²) in [6.07, 6.45) is 0. The van der Waals surface area contributed by atoms with E-state index in [0.717, 1.165) is 34.1 Å². The average molecular weight is 753 g/mol. The lowest BCUT2D eigenvalue weighted by atomic mass is 9.33. The topological polar surface area (TPSA) is 14.7 Å². The van der Waals surface area contributed by atoms with Gasteiger partial charge in [0.05, 0.1) is 11.0 Å². The largest absolute Gasteiger partial charge is 0.311 e. The predicted molar refractivity (Wildman–Crippen MR) is 249 cm³/mol. The summed E-state index contributed by atoms with van der Waals surface area (Å²) >= 11 is 0. The first-order valence-corrected chi connectivity index (χ1v) is 20.3. The normalized spacial score (nSPS) is 12.6. The van der Waals surface area contributed by atoms with Crippen LogP contribution in [-0.2, 0) is 0 Å². The first kappa shape index (κ1) is 33.4. The number of benzene rings is 9. The minimum Gasteiger partial charge on any atom is -0.311 e. The van der Waals surface area contributed by atoms with Crippen molar-refractivity contribution in [3.05, 3.63) is 224 Å². The molecule has 0 N–H and O–H groups in total. The van der Waals surface area contributed by atoms with Gasteiger partial charge in [0.1, 0.15) is 0 Å². The SMILES string of the molecule is c1ccc(N(c2ccccc2)c2ccc3c(c2)N(c2ccccc2)c2cccc4c2B3c2ccccc2N4c2ccc3c4ccccc4n(-c4ccccc4)c3c2)cc1. The van der Waals surface area contributed by atoms with E-state index in [9.17, 15) is 0 Å². The summed E-state index contributed by atoms with van der Waals surface area (Å²) in [7, 11) is 0. The molecular weight excluding hydrogens is 715 g/mol. The van der Waals surface area contributed by atoms with Crippen molar-refractivity contribution in [2.75, 3.05) is 14.7 Å². The molecule has 2 aliphatic rings. The fourth-order valence-corrected chi connectivity index (χ4v) is 9.70. The lowest BCUT2D eigenvalue weighted by molar-refractivity contribution is 1.18. The van der Waals surface area contributed by atoms with Crippen LogP contribution in [-0.4, -0.2) is 11.3 Å². The number of aromatic nitrogens is 1. The predicted octanol–water partition coefficient (Wildman–Crippen LogP) is 12.3. The summed E-state index contributed by atoms with van der Waals surface area (Å²) in [6, 6.07) is 81.6. The zero-order chi connectivity index (χ0) is 38.9. The van der Waals surface area contributed by atoms with Crippen LogP contribution in [0.2, 0.25) is 0 Å². The lowest BCUT2D eigenvalue weighted by Crippen LogP contribution is -2.61. The zero-order valence-corrected chi connectivity index (χ0v) is 32.2. The summed E-state index contributed by atoms with van der Waals surface area (Å²) in [4.78, 5) is 7.33. The molecule has 10 aromatic rings. The van der Waals surface area contributed by atoms with E-state index in [2.05, 4.69) is 244 Å². The van der Waals surface area contributed by atoms with E-state index >= 15 is 0 Å². The summed E-state index contributed by atoms with van der Waals surface area (Å²) in [5.41, 5.74) is 17.8. The van der Waals surface area contributed by atoms with Crippen molar-refractivity contribution in [2.45, 2.75) is 0 Å². The van der Waals surface area contributed by atoms with E-state index in [-0.39, 0.29) is 6.71 Å². The van der Waals surface area contributed by atoms with Gasteiger partial charge in [-0.05, 0) is 113 Å². The second-order valence-corrected chi connectivity index (χ2v) is 15.3. The Kier molecular flexibility index (Phi) is 7.60. The molecule has 0 saturated heterocycles. The molecule has 9 aromatic carbocycles. The van der Waals surface area contributed by atoms with Gasteiger partial charge in [-0.2, -0.15) is 0 Å². The maximum Gasteiger partial charge on any atom is 0.252 e. The van der Waals surface area contributed by atoms with Crippen LogP contribution in [0.3, 0.4) is 0 Å². The van der Waals surface area contributed by atoms with Gasteiger partial charge in [-0.3, -0.25) is 0 Å². The first-order valence-electron chi connectivity index (χ1n) is 20.3. The molecule has 0 bridgehead atoms. The van der Waals surface area contributed by atoms with Gasteiger partial charge in [-0.25, -0.2) is 0 Å². The van der Waals surface area contributed by atoms with Crippen molar-refractivity contribution in [2.24, 2.45) is 0 Å². The summed E-state index contributed by atoms with van der Waals surface area (Å²) in [6.45, 7) is 0.0269. The van der Waals surface area contributed by atoms with Gasteiger partial charge in [0.25, 0.3) is 6.71 Å². The average Bonchev–Trinajstić information content (AvgIpc) is 3.64. The molecular formula is C54H37BN4. The number of anilines is 9. The highest BCUT2D eigenvalue weighted by Crippen LogP contribution is 2.46. The van der Waals surface area contributed by atoms with Gasteiger partial charge in [0, 0.05) is 67.6 Å². The summed E-state index contributed by atoms with van der Waals surface area (Å²) < 4.78 is 2.41.